The lowest BCUT2D eigenvalue weighted by atomic mass is 10.2. The van der Waals surface area contributed by atoms with Gasteiger partial charge in [-0.3, -0.25) is 10.00 Å². The van der Waals surface area contributed by atoms with Gasteiger partial charge in [0.05, 0.1) is 38.5 Å². The van der Waals surface area contributed by atoms with Crippen LogP contribution in [0.2, 0.25) is 0 Å². The third-order valence-electron chi connectivity index (χ3n) is 4.67. The summed E-state index contributed by atoms with van der Waals surface area (Å²) >= 11 is 0. The molecule has 0 radical (unpaired) electrons. The molecular weight excluding hydrogens is 408 g/mol. The Morgan fingerprint density at radius 1 is 0.969 bits per heavy atom. The quantitative estimate of drug-likeness (QED) is 0.446. The summed E-state index contributed by atoms with van der Waals surface area (Å²) in [6, 6.07) is 16.9. The summed E-state index contributed by atoms with van der Waals surface area (Å²) in [5.74, 6) is 3.15. The number of anilines is 3. The van der Waals surface area contributed by atoms with Gasteiger partial charge >= 0.3 is 0 Å². The topological polar surface area (TPSA) is 109 Å². The normalized spacial score (nSPS) is 10.3. The first kappa shape index (κ1) is 20.7. The van der Waals surface area contributed by atoms with Gasteiger partial charge in [-0.25, -0.2) is 9.97 Å². The van der Waals surface area contributed by atoms with Gasteiger partial charge in [0.15, 0.2) is 11.5 Å². The van der Waals surface area contributed by atoms with Crippen LogP contribution in [0.4, 0.5) is 17.3 Å². The van der Waals surface area contributed by atoms with Crippen molar-refractivity contribution in [1.82, 2.24) is 20.2 Å². The Morgan fingerprint density at radius 2 is 1.75 bits per heavy atom. The number of aromatic amines is 1. The Labute approximate surface area is 184 Å². The molecule has 160 valence electrons. The minimum Gasteiger partial charge on any atom is -0.497 e. The van der Waals surface area contributed by atoms with Crippen LogP contribution in [0.1, 0.15) is 11.3 Å². The second-order valence-corrected chi connectivity index (χ2v) is 6.62. The number of nitriles is 1. The van der Waals surface area contributed by atoms with E-state index in [0.717, 1.165) is 11.3 Å². The maximum Gasteiger partial charge on any atom is 0.158 e. The van der Waals surface area contributed by atoms with E-state index >= 15 is 0 Å². The highest BCUT2D eigenvalue weighted by molar-refractivity contribution is 5.76. The van der Waals surface area contributed by atoms with E-state index in [-0.39, 0.29) is 5.69 Å². The van der Waals surface area contributed by atoms with Gasteiger partial charge in [0, 0.05) is 12.1 Å². The molecule has 9 nitrogen and oxygen atoms in total. The van der Waals surface area contributed by atoms with Gasteiger partial charge in [-0.05, 0) is 29.8 Å². The van der Waals surface area contributed by atoms with Crippen LogP contribution in [0.25, 0.3) is 0 Å². The molecule has 0 fully saturated rings. The van der Waals surface area contributed by atoms with Crippen LogP contribution in [0.15, 0.2) is 67.1 Å². The first-order valence-electron chi connectivity index (χ1n) is 9.67. The molecular formula is C23H20N6O3. The fraction of sp³-hybridized carbons (Fsp3) is 0.130. The van der Waals surface area contributed by atoms with Gasteiger partial charge < -0.3 is 14.2 Å². The molecule has 9 heteroatoms. The molecule has 2 heterocycles. The minimum absolute atomic E-state index is 0.226. The fourth-order valence-corrected chi connectivity index (χ4v) is 3.05. The third-order valence-corrected chi connectivity index (χ3v) is 4.67. The molecule has 0 spiro atoms. The first-order valence-corrected chi connectivity index (χ1v) is 9.67. The number of methoxy groups -OCH3 is 2. The maximum atomic E-state index is 9.06. The van der Waals surface area contributed by atoms with Crippen LogP contribution in [0.5, 0.6) is 17.2 Å². The Hall–Kier alpha value is -4.58. The van der Waals surface area contributed by atoms with Gasteiger partial charge in [-0.15, -0.1) is 0 Å². The second-order valence-electron chi connectivity index (χ2n) is 6.62. The van der Waals surface area contributed by atoms with Crippen molar-refractivity contribution in [3.05, 3.63) is 78.4 Å². The lowest BCUT2D eigenvalue weighted by Gasteiger charge is -2.24. The average Bonchev–Trinajstić information content (AvgIpc) is 3.38. The van der Waals surface area contributed by atoms with Crippen LogP contribution in [0.3, 0.4) is 0 Å². The molecule has 0 bridgehead atoms. The first-order chi connectivity index (χ1) is 15.7. The van der Waals surface area contributed by atoms with Crippen molar-refractivity contribution in [2.24, 2.45) is 0 Å². The summed E-state index contributed by atoms with van der Waals surface area (Å²) in [4.78, 5) is 10.4. The third kappa shape index (κ3) is 4.44. The lowest BCUT2D eigenvalue weighted by molar-refractivity contribution is 0.304. The summed E-state index contributed by atoms with van der Waals surface area (Å²) in [5, 5.41) is 16.1. The van der Waals surface area contributed by atoms with E-state index < -0.39 is 0 Å². The summed E-state index contributed by atoms with van der Waals surface area (Å²) in [6.07, 6.45) is 4.58. The van der Waals surface area contributed by atoms with Crippen LogP contribution in [-0.2, 0) is 6.61 Å². The monoisotopic (exact) mass is 428 g/mol. The van der Waals surface area contributed by atoms with E-state index in [1.807, 2.05) is 47.4 Å². The SMILES string of the molecule is COc1ccc(COc2cc(OC)ccc2N(c2cnc(C#N)cn2)c2ccn[nH]2)cc1. The number of nitrogens with one attached hydrogen (secondary N) is 1. The molecule has 4 aromatic rings. The zero-order valence-electron chi connectivity index (χ0n) is 17.5. The zero-order chi connectivity index (χ0) is 22.3. The molecule has 0 saturated carbocycles. The highest BCUT2D eigenvalue weighted by atomic mass is 16.5. The second kappa shape index (κ2) is 9.49. The van der Waals surface area contributed by atoms with E-state index in [1.54, 1.807) is 32.5 Å². The van der Waals surface area contributed by atoms with Gasteiger partial charge in [0.2, 0.25) is 0 Å². The van der Waals surface area contributed by atoms with E-state index in [1.165, 1.54) is 12.4 Å². The van der Waals surface area contributed by atoms with Crippen molar-refractivity contribution in [1.29, 1.82) is 5.26 Å². The number of hydrogen-bond donors (Lipinski definition) is 1. The summed E-state index contributed by atoms with van der Waals surface area (Å²) in [6.45, 7) is 0.333. The summed E-state index contributed by atoms with van der Waals surface area (Å²) < 4.78 is 16.8. The minimum atomic E-state index is 0.226. The van der Waals surface area contributed by atoms with E-state index in [9.17, 15) is 0 Å². The van der Waals surface area contributed by atoms with Crippen LogP contribution >= 0.6 is 0 Å². The van der Waals surface area contributed by atoms with Crippen LogP contribution in [-0.4, -0.2) is 34.4 Å². The van der Waals surface area contributed by atoms with Gasteiger partial charge in [0.25, 0.3) is 0 Å². The molecule has 4 rings (SSSR count). The predicted octanol–water partition coefficient (Wildman–Crippen LogP) is 4.14. The van der Waals surface area contributed by atoms with Crippen LogP contribution < -0.4 is 19.1 Å². The summed E-state index contributed by atoms with van der Waals surface area (Å²) in [7, 11) is 3.23. The van der Waals surface area contributed by atoms with Crippen molar-refractivity contribution in [2.75, 3.05) is 19.1 Å². The van der Waals surface area contributed by atoms with Crippen molar-refractivity contribution in [3.8, 4) is 23.3 Å². The molecule has 2 aromatic heterocycles. The van der Waals surface area contributed by atoms with E-state index in [0.29, 0.717) is 35.4 Å². The lowest BCUT2D eigenvalue weighted by Crippen LogP contribution is -2.14. The molecule has 0 saturated heterocycles. The Morgan fingerprint density at radius 3 is 2.38 bits per heavy atom. The highest BCUT2D eigenvalue weighted by Gasteiger charge is 2.20. The molecule has 0 aliphatic carbocycles. The molecule has 0 atom stereocenters. The number of ether oxygens (including phenoxy) is 3. The predicted molar refractivity (Wildman–Crippen MR) is 117 cm³/mol. The Bertz CT molecular complexity index is 1200. The molecule has 0 aliphatic heterocycles. The maximum absolute atomic E-state index is 9.06. The number of rotatable bonds is 8. The fourth-order valence-electron chi connectivity index (χ4n) is 3.05. The number of aromatic nitrogens is 4. The number of hydrogen-bond acceptors (Lipinski definition) is 8. The number of H-pyrrole nitrogens is 1. The molecule has 1 N–H and O–H groups in total. The van der Waals surface area contributed by atoms with Crippen molar-refractivity contribution < 1.29 is 14.2 Å². The molecule has 0 aliphatic rings. The van der Waals surface area contributed by atoms with Crippen molar-refractivity contribution >= 4 is 17.3 Å². The number of benzene rings is 2. The molecule has 0 unspecified atom stereocenters. The molecule has 2 aromatic carbocycles. The Kier molecular flexibility index (Phi) is 6.13. The summed E-state index contributed by atoms with van der Waals surface area (Å²) in [5.41, 5.74) is 1.90. The molecule has 0 amide bonds. The van der Waals surface area contributed by atoms with E-state index in [4.69, 9.17) is 19.5 Å². The smallest absolute Gasteiger partial charge is 0.158 e. The highest BCUT2D eigenvalue weighted by Crippen LogP contribution is 2.40. The average molecular weight is 428 g/mol. The van der Waals surface area contributed by atoms with E-state index in [2.05, 4.69) is 20.2 Å². The van der Waals surface area contributed by atoms with Crippen molar-refractivity contribution in [2.45, 2.75) is 6.61 Å². The largest absolute Gasteiger partial charge is 0.497 e. The Balaban J connectivity index is 1.72. The van der Waals surface area contributed by atoms with Gasteiger partial charge in [-0.2, -0.15) is 10.4 Å². The zero-order valence-corrected chi connectivity index (χ0v) is 17.5. The standard InChI is InChI=1S/C23H20N6O3/c1-30-18-5-3-16(4-6-18)15-32-21-11-19(31-2)7-8-20(21)29(22-9-10-27-28-22)23-14-25-17(12-24)13-26-23/h3-11,13-14H,15H2,1-2H3,(H,27,28). The van der Waals surface area contributed by atoms with Gasteiger partial charge in [-0.1, -0.05) is 12.1 Å². The van der Waals surface area contributed by atoms with Crippen LogP contribution in [0, 0.1) is 11.3 Å². The van der Waals surface area contributed by atoms with Gasteiger partial charge in [0.1, 0.15) is 35.7 Å². The number of nitrogens with zero attached hydrogens (tertiary/aromatic N) is 5. The molecule has 32 heavy (non-hydrogen) atoms. The van der Waals surface area contributed by atoms with Crippen molar-refractivity contribution in [3.63, 3.8) is 0 Å².